The molecule has 0 aromatic carbocycles. The summed E-state index contributed by atoms with van der Waals surface area (Å²) in [6.07, 6.45) is -2.98. The average Bonchev–Trinajstić information content (AvgIpc) is 2.09. The number of alkyl halides is 2. The Labute approximate surface area is 84.1 Å². The fraction of sp³-hybridized carbons (Fsp3) is 0.250. The average molecular weight is 218 g/mol. The standard InChI is InChI=1S/C8H6ClF2N3/c9-6-3-5(13)4(1-2-12)7(14-6)8(10)11/h3,8H,1H2,(H2,13,14). The summed E-state index contributed by atoms with van der Waals surface area (Å²) < 4.78 is 24.8. The Balaban J connectivity index is 3.30. The molecule has 0 saturated carbocycles. The van der Waals surface area contributed by atoms with Gasteiger partial charge in [-0.2, -0.15) is 5.26 Å². The summed E-state index contributed by atoms with van der Waals surface area (Å²) in [5.74, 6) is 0. The summed E-state index contributed by atoms with van der Waals surface area (Å²) in [4.78, 5) is 3.44. The van der Waals surface area contributed by atoms with Gasteiger partial charge in [-0.05, 0) is 6.07 Å². The molecule has 3 nitrogen and oxygen atoms in total. The third kappa shape index (κ3) is 2.09. The van der Waals surface area contributed by atoms with Crippen LogP contribution < -0.4 is 5.73 Å². The van der Waals surface area contributed by atoms with Crippen molar-refractivity contribution in [1.29, 1.82) is 5.26 Å². The minimum absolute atomic E-state index is 0.0481. The van der Waals surface area contributed by atoms with Gasteiger partial charge in [0.25, 0.3) is 6.43 Å². The van der Waals surface area contributed by atoms with Gasteiger partial charge < -0.3 is 5.73 Å². The van der Waals surface area contributed by atoms with Crippen LogP contribution in [0.15, 0.2) is 6.07 Å². The van der Waals surface area contributed by atoms with Crippen molar-refractivity contribution >= 4 is 17.3 Å². The lowest BCUT2D eigenvalue weighted by atomic mass is 10.1. The van der Waals surface area contributed by atoms with E-state index in [1.165, 1.54) is 6.07 Å². The van der Waals surface area contributed by atoms with E-state index in [-0.39, 0.29) is 22.8 Å². The number of hydrogen-bond donors (Lipinski definition) is 1. The number of nitrogen functional groups attached to an aromatic ring is 1. The number of halogens is 3. The van der Waals surface area contributed by atoms with Crippen LogP contribution in [0.25, 0.3) is 0 Å². The van der Waals surface area contributed by atoms with E-state index >= 15 is 0 Å². The number of aromatic nitrogens is 1. The highest BCUT2D eigenvalue weighted by molar-refractivity contribution is 6.29. The van der Waals surface area contributed by atoms with Crippen molar-refractivity contribution in [3.8, 4) is 6.07 Å². The quantitative estimate of drug-likeness (QED) is 0.774. The molecule has 1 rings (SSSR count). The molecule has 0 atom stereocenters. The van der Waals surface area contributed by atoms with E-state index < -0.39 is 12.1 Å². The zero-order valence-electron chi connectivity index (χ0n) is 6.97. The van der Waals surface area contributed by atoms with Gasteiger partial charge in [0.15, 0.2) is 0 Å². The van der Waals surface area contributed by atoms with Crippen LogP contribution in [0.2, 0.25) is 5.15 Å². The van der Waals surface area contributed by atoms with Crippen molar-refractivity contribution in [2.24, 2.45) is 0 Å². The third-order valence-corrected chi connectivity index (χ3v) is 1.82. The number of pyridine rings is 1. The smallest absolute Gasteiger partial charge is 0.280 e. The maximum atomic E-state index is 12.4. The van der Waals surface area contributed by atoms with Crippen molar-refractivity contribution in [3.63, 3.8) is 0 Å². The van der Waals surface area contributed by atoms with Crippen LogP contribution in [-0.4, -0.2) is 4.98 Å². The molecular formula is C8H6ClF2N3. The van der Waals surface area contributed by atoms with E-state index in [0.29, 0.717) is 0 Å². The summed E-state index contributed by atoms with van der Waals surface area (Å²) in [6.45, 7) is 0. The fourth-order valence-electron chi connectivity index (χ4n) is 1.03. The van der Waals surface area contributed by atoms with Crippen LogP contribution in [0.1, 0.15) is 17.7 Å². The molecule has 1 heterocycles. The summed E-state index contributed by atoms with van der Waals surface area (Å²) in [5, 5.41) is 8.31. The van der Waals surface area contributed by atoms with Crippen molar-refractivity contribution in [3.05, 3.63) is 22.5 Å². The first-order valence-corrected chi connectivity index (χ1v) is 4.04. The summed E-state index contributed by atoms with van der Waals surface area (Å²) in [6, 6.07) is 2.99. The largest absolute Gasteiger partial charge is 0.398 e. The van der Waals surface area contributed by atoms with Crippen LogP contribution in [0.3, 0.4) is 0 Å². The second-order valence-corrected chi connectivity index (χ2v) is 2.92. The molecular weight excluding hydrogens is 212 g/mol. The van der Waals surface area contributed by atoms with E-state index in [0.717, 1.165) is 0 Å². The summed E-state index contributed by atoms with van der Waals surface area (Å²) in [7, 11) is 0. The van der Waals surface area contributed by atoms with Crippen LogP contribution in [0.5, 0.6) is 0 Å². The Morgan fingerprint density at radius 2 is 2.29 bits per heavy atom. The van der Waals surface area contributed by atoms with Crippen LogP contribution in [0, 0.1) is 11.3 Å². The Hall–Kier alpha value is -1.41. The maximum Gasteiger partial charge on any atom is 0.280 e. The predicted molar refractivity (Wildman–Crippen MR) is 47.9 cm³/mol. The zero-order chi connectivity index (χ0) is 10.7. The van der Waals surface area contributed by atoms with Gasteiger partial charge in [0.05, 0.1) is 12.5 Å². The molecule has 1 aromatic rings. The van der Waals surface area contributed by atoms with Crippen LogP contribution >= 0.6 is 11.6 Å². The minimum atomic E-state index is -2.78. The molecule has 0 aliphatic carbocycles. The molecule has 1 aromatic heterocycles. The number of anilines is 1. The highest BCUT2D eigenvalue weighted by Gasteiger charge is 2.18. The molecule has 74 valence electrons. The Kier molecular flexibility index (Phi) is 3.20. The fourth-order valence-corrected chi connectivity index (χ4v) is 1.24. The van der Waals surface area contributed by atoms with Crippen molar-refractivity contribution in [2.75, 3.05) is 5.73 Å². The van der Waals surface area contributed by atoms with Gasteiger partial charge in [0.1, 0.15) is 10.8 Å². The molecule has 0 unspecified atom stereocenters. The van der Waals surface area contributed by atoms with Gasteiger partial charge in [0, 0.05) is 11.3 Å². The lowest BCUT2D eigenvalue weighted by molar-refractivity contribution is 0.145. The topological polar surface area (TPSA) is 62.7 Å². The maximum absolute atomic E-state index is 12.4. The second-order valence-electron chi connectivity index (χ2n) is 2.53. The van der Waals surface area contributed by atoms with Gasteiger partial charge in [-0.1, -0.05) is 11.6 Å². The number of nitriles is 1. The molecule has 14 heavy (non-hydrogen) atoms. The molecule has 0 aliphatic heterocycles. The highest BCUT2D eigenvalue weighted by Crippen LogP contribution is 2.27. The molecule has 0 fully saturated rings. The van der Waals surface area contributed by atoms with Gasteiger partial charge >= 0.3 is 0 Å². The van der Waals surface area contributed by atoms with Gasteiger partial charge in [-0.25, -0.2) is 13.8 Å². The Bertz CT molecular complexity index is 387. The highest BCUT2D eigenvalue weighted by atomic mass is 35.5. The van der Waals surface area contributed by atoms with Crippen LogP contribution in [-0.2, 0) is 6.42 Å². The molecule has 0 radical (unpaired) electrons. The van der Waals surface area contributed by atoms with Crippen LogP contribution in [0.4, 0.5) is 14.5 Å². The van der Waals surface area contributed by atoms with Crippen molar-refractivity contribution < 1.29 is 8.78 Å². The van der Waals surface area contributed by atoms with E-state index in [1.54, 1.807) is 6.07 Å². The van der Waals surface area contributed by atoms with Gasteiger partial charge in [-0.15, -0.1) is 0 Å². The molecule has 0 bridgehead atoms. The van der Waals surface area contributed by atoms with Crippen molar-refractivity contribution in [1.82, 2.24) is 4.98 Å². The first kappa shape index (κ1) is 10.7. The molecule has 0 aliphatic rings. The lowest BCUT2D eigenvalue weighted by Gasteiger charge is -2.08. The third-order valence-electron chi connectivity index (χ3n) is 1.62. The second kappa shape index (κ2) is 4.20. The number of rotatable bonds is 2. The number of hydrogen-bond acceptors (Lipinski definition) is 3. The zero-order valence-corrected chi connectivity index (χ0v) is 7.72. The van der Waals surface area contributed by atoms with Gasteiger partial charge in [0.2, 0.25) is 0 Å². The Morgan fingerprint density at radius 1 is 1.64 bits per heavy atom. The van der Waals surface area contributed by atoms with E-state index in [2.05, 4.69) is 4.98 Å². The predicted octanol–water partition coefficient (Wildman–Crippen LogP) is 2.32. The van der Waals surface area contributed by atoms with E-state index in [9.17, 15) is 8.78 Å². The molecule has 2 N–H and O–H groups in total. The van der Waals surface area contributed by atoms with Gasteiger partial charge in [-0.3, -0.25) is 0 Å². The Morgan fingerprint density at radius 3 is 2.79 bits per heavy atom. The number of nitrogens with two attached hydrogens (primary N) is 1. The molecule has 0 saturated heterocycles. The summed E-state index contributed by atoms with van der Waals surface area (Å²) >= 11 is 5.46. The van der Waals surface area contributed by atoms with E-state index in [4.69, 9.17) is 22.6 Å². The first-order chi connectivity index (χ1) is 6.56. The molecule has 0 amide bonds. The van der Waals surface area contributed by atoms with E-state index in [1.807, 2.05) is 0 Å². The SMILES string of the molecule is N#CCc1c(N)cc(Cl)nc1C(F)F. The first-order valence-electron chi connectivity index (χ1n) is 3.66. The monoisotopic (exact) mass is 217 g/mol. The minimum Gasteiger partial charge on any atom is -0.398 e. The summed E-state index contributed by atoms with van der Waals surface area (Å²) in [5.41, 5.74) is 5.04. The lowest BCUT2D eigenvalue weighted by Crippen LogP contribution is -2.03. The normalized spacial score (nSPS) is 10.2. The molecule has 6 heteroatoms. The molecule has 0 spiro atoms. The number of nitrogens with zero attached hydrogens (tertiary/aromatic N) is 2. The van der Waals surface area contributed by atoms with Crippen molar-refractivity contribution in [2.45, 2.75) is 12.8 Å².